The summed E-state index contributed by atoms with van der Waals surface area (Å²) in [5.41, 5.74) is -0.476. The lowest BCUT2D eigenvalue weighted by Crippen LogP contribution is -2.01. The number of nitrogens with zero attached hydrogens (tertiary/aromatic N) is 1. The molecule has 0 N–H and O–H groups in total. The van der Waals surface area contributed by atoms with E-state index in [0.29, 0.717) is 0 Å². The Morgan fingerprint density at radius 2 is 2.00 bits per heavy atom. The molecule has 0 aliphatic carbocycles. The Labute approximate surface area is 89.6 Å². The molecule has 0 aliphatic rings. The van der Waals surface area contributed by atoms with Crippen LogP contribution in [0.1, 0.15) is 17.3 Å². The lowest BCUT2D eigenvalue weighted by atomic mass is 10.1. The first kappa shape index (κ1) is 10.9. The Bertz CT molecular complexity index is 417. The number of nitro groups is 1. The van der Waals surface area contributed by atoms with Crippen molar-refractivity contribution in [2.45, 2.75) is 6.92 Å². The molecule has 4 nitrogen and oxygen atoms in total. The average molecular weight is 234 g/mol. The van der Waals surface area contributed by atoms with E-state index in [4.69, 9.17) is 23.2 Å². The first-order valence-electron chi connectivity index (χ1n) is 3.58. The van der Waals surface area contributed by atoms with Crippen LogP contribution in [0.2, 0.25) is 10.0 Å². The molecule has 1 aromatic rings. The van der Waals surface area contributed by atoms with Crippen LogP contribution in [0.25, 0.3) is 0 Å². The van der Waals surface area contributed by atoms with Crippen LogP contribution in [0.5, 0.6) is 0 Å². The topological polar surface area (TPSA) is 60.2 Å². The number of rotatable bonds is 2. The van der Waals surface area contributed by atoms with Crippen LogP contribution >= 0.6 is 23.2 Å². The van der Waals surface area contributed by atoms with Crippen LogP contribution in [-0.4, -0.2) is 10.7 Å². The number of halogens is 2. The molecule has 0 radical (unpaired) electrons. The van der Waals surface area contributed by atoms with E-state index in [1.165, 1.54) is 13.0 Å². The molecule has 0 heterocycles. The van der Waals surface area contributed by atoms with Crippen LogP contribution in [-0.2, 0) is 0 Å². The summed E-state index contributed by atoms with van der Waals surface area (Å²) in [6.07, 6.45) is 0. The van der Waals surface area contributed by atoms with Gasteiger partial charge in [-0.3, -0.25) is 14.9 Å². The summed E-state index contributed by atoms with van der Waals surface area (Å²) >= 11 is 11.2. The number of benzene rings is 1. The average Bonchev–Trinajstić information content (AvgIpc) is 2.01. The van der Waals surface area contributed by atoms with Crippen molar-refractivity contribution < 1.29 is 9.72 Å². The van der Waals surface area contributed by atoms with Crippen molar-refractivity contribution in [2.24, 2.45) is 0 Å². The zero-order valence-corrected chi connectivity index (χ0v) is 8.59. The zero-order chi connectivity index (χ0) is 10.9. The van der Waals surface area contributed by atoms with Gasteiger partial charge in [0.25, 0.3) is 5.69 Å². The van der Waals surface area contributed by atoms with Crippen molar-refractivity contribution in [3.8, 4) is 0 Å². The van der Waals surface area contributed by atoms with Gasteiger partial charge >= 0.3 is 0 Å². The highest BCUT2D eigenvalue weighted by atomic mass is 35.5. The maximum absolute atomic E-state index is 11.1. The molecule has 0 spiro atoms. The third-order valence-electron chi connectivity index (χ3n) is 1.58. The monoisotopic (exact) mass is 233 g/mol. The molecule has 14 heavy (non-hydrogen) atoms. The molecule has 0 aromatic heterocycles. The molecule has 6 heteroatoms. The molecule has 0 aliphatic heterocycles. The van der Waals surface area contributed by atoms with Crippen molar-refractivity contribution in [3.05, 3.63) is 37.9 Å². The van der Waals surface area contributed by atoms with Gasteiger partial charge in [-0.05, 0) is 13.0 Å². The molecular weight excluding hydrogens is 229 g/mol. The Morgan fingerprint density at radius 1 is 1.43 bits per heavy atom. The Hall–Kier alpha value is -1.13. The number of carbonyl (C=O) groups excluding carboxylic acids is 1. The molecule has 0 amide bonds. The molecule has 1 aromatic carbocycles. The number of ketones is 1. The van der Waals surface area contributed by atoms with Crippen LogP contribution < -0.4 is 0 Å². The minimum Gasteiger partial charge on any atom is -0.294 e. The van der Waals surface area contributed by atoms with E-state index in [2.05, 4.69) is 0 Å². The van der Waals surface area contributed by atoms with E-state index >= 15 is 0 Å². The summed E-state index contributed by atoms with van der Waals surface area (Å²) in [5.74, 6) is -0.460. The molecule has 1 rings (SSSR count). The van der Waals surface area contributed by atoms with Gasteiger partial charge in [0.05, 0.1) is 9.95 Å². The lowest BCUT2D eigenvalue weighted by molar-refractivity contribution is -0.385. The van der Waals surface area contributed by atoms with Crippen molar-refractivity contribution in [3.63, 3.8) is 0 Å². The molecule has 0 saturated carbocycles. The summed E-state index contributed by atoms with van der Waals surface area (Å²) in [4.78, 5) is 21.0. The maximum Gasteiger partial charge on any atom is 0.283 e. The number of nitro benzene ring substituents is 1. The number of hydrogen-bond acceptors (Lipinski definition) is 3. The minimum absolute atomic E-state index is 0.00306. The standard InChI is InChI=1S/C8H5Cl2NO3/c1-4(12)8-6(10)2-5(9)3-7(8)11(13)14/h2-3H,1H3. The van der Waals surface area contributed by atoms with E-state index < -0.39 is 10.7 Å². The molecule has 0 fully saturated rings. The highest BCUT2D eigenvalue weighted by Crippen LogP contribution is 2.30. The largest absolute Gasteiger partial charge is 0.294 e. The van der Waals surface area contributed by atoms with Gasteiger partial charge in [-0.1, -0.05) is 23.2 Å². The SMILES string of the molecule is CC(=O)c1c(Cl)cc(Cl)cc1[N+](=O)[O-]. The van der Waals surface area contributed by atoms with Crippen molar-refractivity contribution in [2.75, 3.05) is 0 Å². The van der Waals surface area contributed by atoms with Crippen molar-refractivity contribution in [1.29, 1.82) is 0 Å². The van der Waals surface area contributed by atoms with Gasteiger partial charge in [-0.2, -0.15) is 0 Å². The first-order chi connectivity index (χ1) is 6.43. The van der Waals surface area contributed by atoms with Gasteiger partial charge in [-0.25, -0.2) is 0 Å². The quantitative estimate of drug-likeness (QED) is 0.448. The van der Waals surface area contributed by atoms with E-state index in [0.717, 1.165) is 6.07 Å². The van der Waals surface area contributed by atoms with Gasteiger partial charge in [0.2, 0.25) is 0 Å². The van der Waals surface area contributed by atoms with E-state index in [-0.39, 0.29) is 21.3 Å². The maximum atomic E-state index is 11.1. The number of Topliss-reactive ketones (excluding diaryl/α,β-unsaturated/α-hetero) is 1. The molecule has 0 saturated heterocycles. The minimum atomic E-state index is -0.686. The fourth-order valence-electron chi connectivity index (χ4n) is 1.05. The summed E-state index contributed by atoms with van der Waals surface area (Å²) in [6, 6.07) is 2.40. The smallest absolute Gasteiger partial charge is 0.283 e. The normalized spacial score (nSPS) is 9.93. The Balaban J connectivity index is 3.52. The Kier molecular flexibility index (Phi) is 3.08. The van der Waals surface area contributed by atoms with Crippen LogP contribution in [0.4, 0.5) is 5.69 Å². The fraction of sp³-hybridized carbons (Fsp3) is 0.125. The summed E-state index contributed by atoms with van der Waals surface area (Å²) in [7, 11) is 0. The Morgan fingerprint density at radius 3 is 2.43 bits per heavy atom. The van der Waals surface area contributed by atoms with E-state index in [1.54, 1.807) is 0 Å². The molecule has 0 unspecified atom stereocenters. The van der Waals surface area contributed by atoms with Gasteiger partial charge in [0, 0.05) is 11.1 Å². The second-order valence-corrected chi connectivity index (χ2v) is 3.44. The lowest BCUT2D eigenvalue weighted by Gasteiger charge is -2.01. The highest BCUT2D eigenvalue weighted by molar-refractivity contribution is 6.37. The molecular formula is C8H5Cl2NO3. The van der Waals surface area contributed by atoms with Gasteiger partial charge in [-0.15, -0.1) is 0 Å². The third-order valence-corrected chi connectivity index (χ3v) is 2.10. The van der Waals surface area contributed by atoms with Crippen molar-refractivity contribution >= 4 is 34.7 Å². The number of carbonyl (C=O) groups is 1. The molecule has 74 valence electrons. The fourth-order valence-corrected chi connectivity index (χ4v) is 1.67. The summed E-state index contributed by atoms with van der Waals surface area (Å²) in [6.45, 7) is 1.21. The second-order valence-electron chi connectivity index (χ2n) is 2.60. The van der Waals surface area contributed by atoms with E-state index in [1.807, 2.05) is 0 Å². The van der Waals surface area contributed by atoms with E-state index in [9.17, 15) is 14.9 Å². The van der Waals surface area contributed by atoms with Gasteiger partial charge in [0.15, 0.2) is 5.78 Å². The molecule has 0 atom stereocenters. The predicted molar refractivity (Wildman–Crippen MR) is 53.1 cm³/mol. The highest BCUT2D eigenvalue weighted by Gasteiger charge is 2.21. The van der Waals surface area contributed by atoms with Crippen LogP contribution in [0.15, 0.2) is 12.1 Å². The van der Waals surface area contributed by atoms with Crippen molar-refractivity contribution in [1.82, 2.24) is 0 Å². The zero-order valence-electron chi connectivity index (χ0n) is 7.08. The number of hydrogen-bond donors (Lipinski definition) is 0. The first-order valence-corrected chi connectivity index (χ1v) is 4.33. The van der Waals surface area contributed by atoms with Crippen LogP contribution in [0, 0.1) is 10.1 Å². The van der Waals surface area contributed by atoms with Gasteiger partial charge in [0.1, 0.15) is 5.56 Å². The summed E-state index contributed by atoms with van der Waals surface area (Å²) < 4.78 is 0. The molecule has 0 bridgehead atoms. The predicted octanol–water partition coefficient (Wildman–Crippen LogP) is 3.10. The van der Waals surface area contributed by atoms with Gasteiger partial charge < -0.3 is 0 Å². The second kappa shape index (κ2) is 3.94. The summed E-state index contributed by atoms with van der Waals surface area (Å²) in [5, 5.41) is 10.7. The third kappa shape index (κ3) is 2.02. The van der Waals surface area contributed by atoms with Crippen LogP contribution in [0.3, 0.4) is 0 Å².